The molecule has 1 atom stereocenters. The van der Waals surface area contributed by atoms with Gasteiger partial charge in [-0.25, -0.2) is 19.9 Å². The number of anilines is 2. The number of rotatable bonds is 6. The Kier molecular flexibility index (Phi) is 7.02. The van der Waals surface area contributed by atoms with Gasteiger partial charge >= 0.3 is 0 Å². The zero-order valence-electron chi connectivity index (χ0n) is 18.6. The normalized spacial score (nSPS) is 15.1. The van der Waals surface area contributed by atoms with Crippen LogP contribution in [0.1, 0.15) is 18.5 Å². The predicted octanol–water partition coefficient (Wildman–Crippen LogP) is 3.56. The third kappa shape index (κ3) is 5.05. The maximum atomic E-state index is 5.21. The number of ether oxygens (including phenoxy) is 1. The van der Waals surface area contributed by atoms with Crippen LogP contribution in [0.25, 0.3) is 22.3 Å². The molecule has 0 aliphatic carbocycles. The molecule has 1 fully saturated rings. The van der Waals surface area contributed by atoms with Crippen LogP contribution in [0, 0.1) is 0 Å². The van der Waals surface area contributed by atoms with Crippen molar-refractivity contribution in [2.75, 3.05) is 38.6 Å². The van der Waals surface area contributed by atoms with Crippen molar-refractivity contribution in [3.05, 3.63) is 54.5 Å². The quantitative estimate of drug-likeness (QED) is 0.396. The SMILES string of the molecule is COc1cc(-c2ccc3nc(Nc4cc(C(C)N5CCNCC5)ccn4)[nH]c3c2)ncn1.Cl. The van der Waals surface area contributed by atoms with E-state index in [1.165, 1.54) is 11.9 Å². The summed E-state index contributed by atoms with van der Waals surface area (Å²) in [5.74, 6) is 1.95. The second-order valence-electron chi connectivity index (χ2n) is 7.82. The Morgan fingerprint density at radius 3 is 2.73 bits per heavy atom. The fourth-order valence-corrected chi connectivity index (χ4v) is 4.01. The highest BCUT2D eigenvalue weighted by Crippen LogP contribution is 2.26. The van der Waals surface area contributed by atoms with E-state index in [4.69, 9.17) is 4.74 Å². The summed E-state index contributed by atoms with van der Waals surface area (Å²) in [6.45, 7) is 6.41. The van der Waals surface area contributed by atoms with Crippen molar-refractivity contribution in [1.82, 2.24) is 35.1 Å². The third-order valence-electron chi connectivity index (χ3n) is 5.84. The van der Waals surface area contributed by atoms with E-state index in [-0.39, 0.29) is 12.4 Å². The molecule has 1 aliphatic rings. The first kappa shape index (κ1) is 22.9. The molecular formula is C23H27ClN8O. The molecule has 1 saturated heterocycles. The van der Waals surface area contributed by atoms with E-state index in [9.17, 15) is 0 Å². The molecule has 0 radical (unpaired) electrons. The van der Waals surface area contributed by atoms with E-state index in [1.54, 1.807) is 7.11 Å². The van der Waals surface area contributed by atoms with E-state index >= 15 is 0 Å². The number of halogens is 1. The summed E-state index contributed by atoms with van der Waals surface area (Å²) in [5.41, 5.74) is 4.76. The number of H-pyrrole nitrogens is 1. The van der Waals surface area contributed by atoms with Gasteiger partial charge in [-0.15, -0.1) is 12.4 Å². The van der Waals surface area contributed by atoms with E-state index in [1.807, 2.05) is 30.5 Å². The summed E-state index contributed by atoms with van der Waals surface area (Å²) in [6.07, 6.45) is 3.35. The van der Waals surface area contributed by atoms with Crippen molar-refractivity contribution >= 4 is 35.2 Å². The standard InChI is InChI=1S/C23H26N8O.ClH/c1-15(31-9-7-24-8-10-31)16-5-6-25-21(12-16)30-23-28-18-4-3-17(11-20(18)29-23)19-13-22(32-2)27-14-26-19;/h3-6,11-15,24H,7-10H2,1-2H3,(H2,25,28,29,30);1H. The van der Waals surface area contributed by atoms with Gasteiger partial charge in [0, 0.05) is 50.0 Å². The largest absolute Gasteiger partial charge is 0.481 e. The van der Waals surface area contributed by atoms with Gasteiger partial charge in [-0.1, -0.05) is 6.07 Å². The van der Waals surface area contributed by atoms with Crippen LogP contribution in [0.5, 0.6) is 5.88 Å². The van der Waals surface area contributed by atoms with Gasteiger partial charge in [0.1, 0.15) is 12.1 Å². The van der Waals surface area contributed by atoms with Crippen LogP contribution in [0.2, 0.25) is 0 Å². The van der Waals surface area contributed by atoms with Crippen molar-refractivity contribution in [2.24, 2.45) is 0 Å². The minimum Gasteiger partial charge on any atom is -0.481 e. The number of nitrogens with zero attached hydrogens (tertiary/aromatic N) is 5. The predicted molar refractivity (Wildman–Crippen MR) is 131 cm³/mol. The number of pyridine rings is 1. The molecule has 0 amide bonds. The summed E-state index contributed by atoms with van der Waals surface area (Å²) < 4.78 is 5.21. The molecule has 3 aromatic heterocycles. The highest BCUT2D eigenvalue weighted by molar-refractivity contribution is 5.85. The molecule has 172 valence electrons. The van der Waals surface area contributed by atoms with E-state index in [2.05, 4.69) is 59.5 Å². The van der Waals surface area contributed by atoms with E-state index < -0.39 is 0 Å². The van der Waals surface area contributed by atoms with Crippen molar-refractivity contribution < 1.29 is 4.74 Å². The monoisotopic (exact) mass is 466 g/mol. The molecule has 5 rings (SSSR count). The maximum Gasteiger partial charge on any atom is 0.216 e. The average molecular weight is 467 g/mol. The lowest BCUT2D eigenvalue weighted by atomic mass is 10.1. The van der Waals surface area contributed by atoms with Crippen LogP contribution in [0.15, 0.2) is 48.9 Å². The topological polar surface area (TPSA) is 104 Å². The van der Waals surface area contributed by atoms with E-state index in [0.717, 1.165) is 54.3 Å². The van der Waals surface area contributed by atoms with Crippen molar-refractivity contribution in [3.8, 4) is 17.1 Å². The van der Waals surface area contributed by atoms with Gasteiger partial charge in [-0.2, -0.15) is 0 Å². The number of aromatic nitrogens is 5. The van der Waals surface area contributed by atoms with Crippen LogP contribution in [-0.4, -0.2) is 63.1 Å². The first-order valence-corrected chi connectivity index (χ1v) is 10.7. The lowest BCUT2D eigenvalue weighted by Crippen LogP contribution is -2.44. The molecule has 1 aliphatic heterocycles. The van der Waals surface area contributed by atoms with Gasteiger partial charge in [0.15, 0.2) is 0 Å². The summed E-state index contributed by atoms with van der Waals surface area (Å²) in [4.78, 5) is 23.4. The summed E-state index contributed by atoms with van der Waals surface area (Å²) in [5, 5.41) is 6.72. The molecule has 10 heteroatoms. The maximum absolute atomic E-state index is 5.21. The molecule has 0 spiro atoms. The zero-order chi connectivity index (χ0) is 21.9. The summed E-state index contributed by atoms with van der Waals surface area (Å²) >= 11 is 0. The van der Waals surface area contributed by atoms with Gasteiger partial charge in [-0.05, 0) is 36.8 Å². The number of aromatic amines is 1. The molecule has 4 heterocycles. The minimum atomic E-state index is 0. The van der Waals surface area contributed by atoms with Crippen LogP contribution in [0.3, 0.4) is 0 Å². The first-order chi connectivity index (χ1) is 15.7. The Labute approximate surface area is 198 Å². The summed E-state index contributed by atoms with van der Waals surface area (Å²) in [6, 6.07) is 12.3. The molecule has 3 N–H and O–H groups in total. The Bertz CT molecular complexity index is 1220. The fraction of sp³-hybridized carbons (Fsp3) is 0.304. The average Bonchev–Trinajstić information content (AvgIpc) is 3.25. The number of hydrogen-bond donors (Lipinski definition) is 3. The first-order valence-electron chi connectivity index (χ1n) is 10.7. The molecule has 4 aromatic rings. The lowest BCUT2D eigenvalue weighted by Gasteiger charge is -2.33. The number of imidazole rings is 1. The Balaban J connectivity index is 0.00000259. The van der Waals surface area contributed by atoms with Crippen molar-refractivity contribution in [3.63, 3.8) is 0 Å². The molecule has 0 bridgehead atoms. The lowest BCUT2D eigenvalue weighted by molar-refractivity contribution is 0.185. The molecule has 9 nitrogen and oxygen atoms in total. The van der Waals surface area contributed by atoms with Gasteiger partial charge in [0.25, 0.3) is 0 Å². The smallest absolute Gasteiger partial charge is 0.216 e. The zero-order valence-corrected chi connectivity index (χ0v) is 19.4. The number of nitrogens with one attached hydrogen (secondary N) is 3. The number of hydrogen-bond acceptors (Lipinski definition) is 8. The molecule has 1 aromatic carbocycles. The fourth-order valence-electron chi connectivity index (χ4n) is 4.01. The van der Waals surface area contributed by atoms with Gasteiger partial charge in [-0.3, -0.25) is 4.90 Å². The second kappa shape index (κ2) is 10.1. The highest BCUT2D eigenvalue weighted by atomic mass is 35.5. The van der Waals surface area contributed by atoms with Crippen molar-refractivity contribution in [1.29, 1.82) is 0 Å². The van der Waals surface area contributed by atoms with Gasteiger partial charge < -0.3 is 20.4 Å². The van der Waals surface area contributed by atoms with Crippen LogP contribution >= 0.6 is 12.4 Å². The van der Waals surface area contributed by atoms with Crippen LogP contribution < -0.4 is 15.4 Å². The number of piperazine rings is 1. The summed E-state index contributed by atoms with van der Waals surface area (Å²) in [7, 11) is 1.59. The van der Waals surface area contributed by atoms with Crippen LogP contribution in [0.4, 0.5) is 11.8 Å². The highest BCUT2D eigenvalue weighted by Gasteiger charge is 2.18. The van der Waals surface area contributed by atoms with Gasteiger partial charge in [0.2, 0.25) is 11.8 Å². The Morgan fingerprint density at radius 2 is 1.91 bits per heavy atom. The second-order valence-corrected chi connectivity index (χ2v) is 7.82. The molecule has 33 heavy (non-hydrogen) atoms. The van der Waals surface area contributed by atoms with E-state index in [0.29, 0.717) is 17.9 Å². The Morgan fingerprint density at radius 1 is 1.06 bits per heavy atom. The third-order valence-corrected chi connectivity index (χ3v) is 5.84. The van der Waals surface area contributed by atoms with Gasteiger partial charge in [0.05, 0.1) is 23.8 Å². The van der Waals surface area contributed by atoms with Crippen LogP contribution in [-0.2, 0) is 0 Å². The Hall–Kier alpha value is -3.27. The number of fused-ring (bicyclic) bond motifs is 1. The minimum absolute atomic E-state index is 0. The molecular weight excluding hydrogens is 440 g/mol. The van der Waals surface area contributed by atoms with Crippen molar-refractivity contribution in [2.45, 2.75) is 13.0 Å². The number of benzene rings is 1. The molecule has 1 unspecified atom stereocenters. The number of methoxy groups -OCH3 is 1. The molecule has 0 saturated carbocycles.